The van der Waals surface area contributed by atoms with E-state index in [0.717, 1.165) is 6.26 Å². The van der Waals surface area contributed by atoms with Crippen molar-refractivity contribution in [3.05, 3.63) is 59.9 Å². The van der Waals surface area contributed by atoms with Crippen LogP contribution in [0.4, 0.5) is 15.8 Å². The van der Waals surface area contributed by atoms with Crippen molar-refractivity contribution in [3.8, 4) is 0 Å². The normalized spacial score (nSPS) is 11.0. The van der Waals surface area contributed by atoms with E-state index in [9.17, 15) is 17.6 Å². The van der Waals surface area contributed by atoms with Gasteiger partial charge in [0, 0.05) is 29.9 Å². The molecule has 0 aromatic heterocycles. The third-order valence-corrected chi connectivity index (χ3v) is 3.62. The number of carbonyl (C=O) groups excluding carboxylic acids is 1. The van der Waals surface area contributed by atoms with Crippen molar-refractivity contribution in [3.63, 3.8) is 0 Å². The molecule has 0 amide bonds. The predicted molar refractivity (Wildman–Crippen MR) is 88.7 cm³/mol. The highest BCUT2D eigenvalue weighted by molar-refractivity contribution is 7.92. The highest BCUT2D eigenvalue weighted by Gasteiger charge is 2.07. The molecular formula is C16H17FN2O3S. The van der Waals surface area contributed by atoms with Crippen molar-refractivity contribution in [1.29, 1.82) is 0 Å². The third kappa shape index (κ3) is 5.71. The average molecular weight is 336 g/mol. The molecule has 2 aromatic carbocycles. The number of halogens is 1. The van der Waals surface area contributed by atoms with Gasteiger partial charge in [0.15, 0.2) is 5.78 Å². The van der Waals surface area contributed by atoms with E-state index >= 15 is 0 Å². The van der Waals surface area contributed by atoms with Gasteiger partial charge >= 0.3 is 0 Å². The van der Waals surface area contributed by atoms with Crippen molar-refractivity contribution in [2.24, 2.45) is 0 Å². The first kappa shape index (κ1) is 17.0. The molecule has 0 saturated heterocycles. The number of nitrogens with one attached hydrogen (secondary N) is 2. The van der Waals surface area contributed by atoms with Crippen LogP contribution in [0, 0.1) is 5.82 Å². The van der Waals surface area contributed by atoms with Gasteiger partial charge in [-0.15, -0.1) is 0 Å². The SMILES string of the molecule is CS(=O)(=O)Nc1ccc(C(=O)CCNc2cccc(F)c2)cc1. The molecule has 2 N–H and O–H groups in total. The Morgan fingerprint density at radius 2 is 1.78 bits per heavy atom. The maximum atomic E-state index is 13.0. The van der Waals surface area contributed by atoms with Gasteiger partial charge in [0.1, 0.15) is 5.82 Å². The van der Waals surface area contributed by atoms with Crippen LogP contribution in [0.1, 0.15) is 16.8 Å². The van der Waals surface area contributed by atoms with Crippen molar-refractivity contribution in [2.75, 3.05) is 22.8 Å². The summed E-state index contributed by atoms with van der Waals surface area (Å²) in [5.74, 6) is -0.421. The van der Waals surface area contributed by atoms with E-state index in [2.05, 4.69) is 10.0 Å². The van der Waals surface area contributed by atoms with Crippen molar-refractivity contribution in [1.82, 2.24) is 0 Å². The number of hydrogen-bond donors (Lipinski definition) is 2. The number of ketones is 1. The van der Waals surface area contributed by atoms with Crippen LogP contribution in [0.3, 0.4) is 0 Å². The summed E-state index contributed by atoms with van der Waals surface area (Å²) in [4.78, 5) is 12.0. The zero-order valence-electron chi connectivity index (χ0n) is 12.5. The van der Waals surface area contributed by atoms with Crippen LogP contribution in [-0.2, 0) is 10.0 Å². The lowest BCUT2D eigenvalue weighted by Gasteiger charge is -2.07. The summed E-state index contributed by atoms with van der Waals surface area (Å²) in [6.07, 6.45) is 1.31. The van der Waals surface area contributed by atoms with E-state index in [1.807, 2.05) is 0 Å². The summed E-state index contributed by atoms with van der Waals surface area (Å²) in [6, 6.07) is 12.2. The summed E-state index contributed by atoms with van der Waals surface area (Å²) < 4.78 is 37.6. The molecule has 0 aliphatic rings. The Morgan fingerprint density at radius 1 is 1.09 bits per heavy atom. The van der Waals surface area contributed by atoms with Crippen LogP contribution in [0.5, 0.6) is 0 Å². The standard InChI is InChI=1S/C16H17FN2O3S/c1-23(21,22)19-14-7-5-12(6-8-14)16(20)9-10-18-15-4-2-3-13(17)11-15/h2-8,11,18-19H,9-10H2,1H3. The minimum absolute atomic E-state index is 0.0835. The van der Waals surface area contributed by atoms with Crippen molar-refractivity contribution in [2.45, 2.75) is 6.42 Å². The molecule has 23 heavy (non-hydrogen) atoms. The van der Waals surface area contributed by atoms with Gasteiger partial charge < -0.3 is 5.32 Å². The fourth-order valence-corrected chi connectivity index (χ4v) is 2.57. The molecule has 0 aliphatic carbocycles. The van der Waals surface area contributed by atoms with E-state index < -0.39 is 10.0 Å². The molecule has 0 heterocycles. The molecular weight excluding hydrogens is 319 g/mol. The number of sulfonamides is 1. The van der Waals surface area contributed by atoms with Crippen LogP contribution in [0.15, 0.2) is 48.5 Å². The first-order valence-corrected chi connectivity index (χ1v) is 8.83. The van der Waals surface area contributed by atoms with E-state index in [4.69, 9.17) is 0 Å². The molecule has 122 valence electrons. The van der Waals surface area contributed by atoms with Gasteiger partial charge in [-0.3, -0.25) is 9.52 Å². The second-order valence-corrected chi connectivity index (χ2v) is 6.81. The lowest BCUT2D eigenvalue weighted by Crippen LogP contribution is -2.11. The molecule has 0 bridgehead atoms. The third-order valence-electron chi connectivity index (χ3n) is 3.02. The highest BCUT2D eigenvalue weighted by Crippen LogP contribution is 2.13. The molecule has 5 nitrogen and oxygen atoms in total. The molecule has 0 saturated carbocycles. The Bertz CT molecular complexity index is 789. The molecule has 2 rings (SSSR count). The first-order chi connectivity index (χ1) is 10.8. The minimum atomic E-state index is -3.33. The largest absolute Gasteiger partial charge is 0.385 e. The van der Waals surface area contributed by atoms with Gasteiger partial charge in [-0.2, -0.15) is 0 Å². The fourth-order valence-electron chi connectivity index (χ4n) is 2.00. The van der Waals surface area contributed by atoms with Gasteiger partial charge in [0.2, 0.25) is 10.0 Å². The van der Waals surface area contributed by atoms with Crippen LogP contribution in [0.25, 0.3) is 0 Å². The number of benzene rings is 2. The van der Waals surface area contributed by atoms with Crippen LogP contribution in [-0.4, -0.2) is 27.0 Å². The quantitative estimate of drug-likeness (QED) is 0.763. The van der Waals surface area contributed by atoms with E-state index in [-0.39, 0.29) is 18.0 Å². The number of hydrogen-bond acceptors (Lipinski definition) is 4. The molecule has 0 aliphatic heterocycles. The zero-order chi connectivity index (χ0) is 16.9. The van der Waals surface area contributed by atoms with Crippen LogP contribution in [0.2, 0.25) is 0 Å². The average Bonchev–Trinajstić information content (AvgIpc) is 2.46. The number of carbonyl (C=O) groups is 1. The van der Waals surface area contributed by atoms with Gasteiger partial charge in [0.05, 0.1) is 6.26 Å². The maximum Gasteiger partial charge on any atom is 0.229 e. The number of rotatable bonds is 7. The van der Waals surface area contributed by atoms with E-state index in [1.54, 1.807) is 24.3 Å². The van der Waals surface area contributed by atoms with E-state index in [1.165, 1.54) is 24.3 Å². The lowest BCUT2D eigenvalue weighted by molar-refractivity contribution is 0.0986. The Morgan fingerprint density at radius 3 is 2.39 bits per heavy atom. The number of anilines is 2. The Balaban J connectivity index is 1.88. The molecule has 2 aromatic rings. The minimum Gasteiger partial charge on any atom is -0.385 e. The summed E-state index contributed by atoms with van der Waals surface area (Å²) in [6.45, 7) is 0.381. The maximum absolute atomic E-state index is 13.0. The fraction of sp³-hybridized carbons (Fsp3) is 0.188. The predicted octanol–water partition coefficient (Wildman–Crippen LogP) is 2.88. The Hall–Kier alpha value is -2.41. The second-order valence-electron chi connectivity index (χ2n) is 5.06. The smallest absolute Gasteiger partial charge is 0.229 e. The molecule has 7 heteroatoms. The molecule has 0 radical (unpaired) electrons. The Labute approximate surface area is 134 Å². The monoisotopic (exact) mass is 336 g/mol. The van der Waals surface area contributed by atoms with Gasteiger partial charge in [-0.05, 0) is 42.5 Å². The summed E-state index contributed by atoms with van der Waals surface area (Å²) in [7, 11) is -3.33. The topological polar surface area (TPSA) is 75.3 Å². The van der Waals surface area contributed by atoms with Gasteiger partial charge in [-0.25, -0.2) is 12.8 Å². The summed E-state index contributed by atoms with van der Waals surface area (Å²) in [5.41, 5.74) is 1.51. The van der Waals surface area contributed by atoms with Crippen molar-refractivity contribution < 1.29 is 17.6 Å². The first-order valence-electron chi connectivity index (χ1n) is 6.94. The zero-order valence-corrected chi connectivity index (χ0v) is 13.4. The lowest BCUT2D eigenvalue weighted by atomic mass is 10.1. The summed E-state index contributed by atoms with van der Waals surface area (Å²) in [5, 5.41) is 2.98. The van der Waals surface area contributed by atoms with Gasteiger partial charge in [-0.1, -0.05) is 6.07 Å². The van der Waals surface area contributed by atoms with Crippen LogP contribution < -0.4 is 10.0 Å². The highest BCUT2D eigenvalue weighted by atomic mass is 32.2. The second kappa shape index (κ2) is 7.23. The number of Topliss-reactive ketones (excluding diaryl/α,β-unsaturated/α-hetero) is 1. The summed E-state index contributed by atoms with van der Waals surface area (Å²) >= 11 is 0. The molecule has 0 unspecified atom stereocenters. The molecule has 0 fully saturated rings. The molecule has 0 spiro atoms. The molecule has 0 atom stereocenters. The van der Waals surface area contributed by atoms with Crippen LogP contribution >= 0.6 is 0 Å². The Kier molecular flexibility index (Phi) is 5.33. The van der Waals surface area contributed by atoms with Gasteiger partial charge in [0.25, 0.3) is 0 Å². The van der Waals surface area contributed by atoms with Crippen molar-refractivity contribution >= 4 is 27.2 Å². The van der Waals surface area contributed by atoms with E-state index in [0.29, 0.717) is 23.5 Å².